The van der Waals surface area contributed by atoms with Crippen LogP contribution in [0.25, 0.3) is 0 Å². The molecule has 4 heteroatoms. The molecule has 0 saturated carbocycles. The molecule has 0 radical (unpaired) electrons. The van der Waals surface area contributed by atoms with Gasteiger partial charge in [-0.3, -0.25) is 4.90 Å². The standard InChI is InChI=1S/C12H21N3S/c1-11-12(10-13,4-2-9-16-11)15-7-3-5-14-6-8-15/h11,14H,2-9H2,1H3. The molecule has 1 N–H and O–H groups in total. The Morgan fingerprint density at radius 3 is 3.00 bits per heavy atom. The molecular formula is C12H21N3S. The van der Waals surface area contributed by atoms with Gasteiger partial charge in [0, 0.05) is 24.9 Å². The van der Waals surface area contributed by atoms with Gasteiger partial charge in [0.15, 0.2) is 0 Å². The van der Waals surface area contributed by atoms with Gasteiger partial charge in [0.25, 0.3) is 0 Å². The Kier molecular flexibility index (Phi) is 4.12. The normalized spacial score (nSPS) is 37.6. The Morgan fingerprint density at radius 2 is 2.25 bits per heavy atom. The van der Waals surface area contributed by atoms with Gasteiger partial charge in [-0.2, -0.15) is 17.0 Å². The summed E-state index contributed by atoms with van der Waals surface area (Å²) in [5.41, 5.74) is -0.199. The smallest absolute Gasteiger partial charge is 0.120 e. The average molecular weight is 239 g/mol. The summed E-state index contributed by atoms with van der Waals surface area (Å²) in [5.74, 6) is 1.22. The molecular weight excluding hydrogens is 218 g/mol. The van der Waals surface area contributed by atoms with Crippen LogP contribution < -0.4 is 5.32 Å². The maximum atomic E-state index is 9.63. The summed E-state index contributed by atoms with van der Waals surface area (Å²) in [6.45, 7) is 6.45. The summed E-state index contributed by atoms with van der Waals surface area (Å²) in [7, 11) is 0. The van der Waals surface area contributed by atoms with Crippen LogP contribution in [0.15, 0.2) is 0 Å². The molecule has 0 amide bonds. The molecule has 2 aliphatic heterocycles. The van der Waals surface area contributed by atoms with E-state index in [1.807, 2.05) is 11.8 Å². The van der Waals surface area contributed by atoms with Crippen molar-refractivity contribution in [1.82, 2.24) is 10.2 Å². The fourth-order valence-corrected chi connectivity index (χ4v) is 4.08. The van der Waals surface area contributed by atoms with Crippen molar-refractivity contribution < 1.29 is 0 Å². The Morgan fingerprint density at radius 1 is 1.38 bits per heavy atom. The molecule has 2 fully saturated rings. The van der Waals surface area contributed by atoms with Crippen molar-refractivity contribution in [2.75, 3.05) is 31.9 Å². The Hall–Kier alpha value is -0.240. The van der Waals surface area contributed by atoms with Crippen LogP contribution in [0.2, 0.25) is 0 Å². The summed E-state index contributed by atoms with van der Waals surface area (Å²) in [6, 6.07) is 2.64. The number of nitrogens with zero attached hydrogens (tertiary/aromatic N) is 2. The van der Waals surface area contributed by atoms with Crippen LogP contribution in [0.4, 0.5) is 0 Å². The molecule has 2 saturated heterocycles. The van der Waals surface area contributed by atoms with E-state index >= 15 is 0 Å². The Bertz CT molecular complexity index is 268. The minimum atomic E-state index is -0.199. The second-order valence-corrected chi connectivity index (χ2v) is 6.19. The highest BCUT2D eigenvalue weighted by Crippen LogP contribution is 2.38. The third-order valence-corrected chi connectivity index (χ3v) is 5.25. The highest BCUT2D eigenvalue weighted by atomic mass is 32.2. The summed E-state index contributed by atoms with van der Waals surface area (Å²) >= 11 is 1.97. The second kappa shape index (κ2) is 5.39. The van der Waals surface area contributed by atoms with Gasteiger partial charge in [-0.1, -0.05) is 6.92 Å². The lowest BCUT2D eigenvalue weighted by Crippen LogP contribution is -2.56. The fourth-order valence-electron chi connectivity index (χ4n) is 2.82. The van der Waals surface area contributed by atoms with E-state index < -0.39 is 0 Å². The van der Waals surface area contributed by atoms with Crippen LogP contribution in [0.3, 0.4) is 0 Å². The first kappa shape index (κ1) is 12.2. The van der Waals surface area contributed by atoms with E-state index in [-0.39, 0.29) is 5.54 Å². The minimum Gasteiger partial charge on any atom is -0.315 e. The third-order valence-electron chi connectivity index (χ3n) is 3.84. The first-order valence-corrected chi connectivity index (χ1v) is 7.33. The van der Waals surface area contributed by atoms with E-state index in [2.05, 4.69) is 23.2 Å². The molecule has 2 unspecified atom stereocenters. The van der Waals surface area contributed by atoms with E-state index in [4.69, 9.17) is 0 Å². The number of hydrogen-bond acceptors (Lipinski definition) is 4. The number of hydrogen-bond donors (Lipinski definition) is 1. The van der Waals surface area contributed by atoms with Crippen LogP contribution in [-0.4, -0.2) is 47.6 Å². The molecule has 0 aromatic rings. The van der Waals surface area contributed by atoms with E-state index in [0.29, 0.717) is 5.25 Å². The molecule has 90 valence electrons. The van der Waals surface area contributed by atoms with Crippen LogP contribution in [-0.2, 0) is 0 Å². The molecule has 0 spiro atoms. The van der Waals surface area contributed by atoms with Gasteiger partial charge >= 0.3 is 0 Å². The van der Waals surface area contributed by atoms with Gasteiger partial charge in [-0.15, -0.1) is 0 Å². The van der Waals surface area contributed by atoms with Gasteiger partial charge in [0.2, 0.25) is 0 Å². The largest absolute Gasteiger partial charge is 0.315 e. The number of thioether (sulfide) groups is 1. The summed E-state index contributed by atoms with van der Waals surface area (Å²) < 4.78 is 0. The molecule has 3 nitrogen and oxygen atoms in total. The van der Waals surface area contributed by atoms with Crippen molar-refractivity contribution in [2.45, 2.75) is 37.0 Å². The van der Waals surface area contributed by atoms with Crippen molar-refractivity contribution in [3.8, 4) is 6.07 Å². The van der Waals surface area contributed by atoms with Crippen LogP contribution in [0, 0.1) is 11.3 Å². The number of nitriles is 1. The van der Waals surface area contributed by atoms with Crippen molar-refractivity contribution >= 4 is 11.8 Å². The lowest BCUT2D eigenvalue weighted by Gasteiger charge is -2.44. The highest BCUT2D eigenvalue weighted by molar-refractivity contribution is 8.00. The van der Waals surface area contributed by atoms with Crippen molar-refractivity contribution in [3.63, 3.8) is 0 Å². The molecule has 2 aliphatic rings. The van der Waals surface area contributed by atoms with Crippen LogP contribution >= 0.6 is 11.8 Å². The second-order valence-electron chi connectivity index (χ2n) is 4.74. The van der Waals surface area contributed by atoms with Gasteiger partial charge in [0.05, 0.1) is 6.07 Å². The monoisotopic (exact) mass is 239 g/mol. The molecule has 0 aliphatic carbocycles. The zero-order valence-corrected chi connectivity index (χ0v) is 10.9. The molecule has 0 aromatic carbocycles. The van der Waals surface area contributed by atoms with Gasteiger partial charge in [-0.05, 0) is 31.6 Å². The van der Waals surface area contributed by atoms with Crippen LogP contribution in [0.5, 0.6) is 0 Å². The Labute approximate surface area is 103 Å². The molecule has 0 bridgehead atoms. The summed E-state index contributed by atoms with van der Waals surface area (Å²) in [6.07, 6.45) is 3.41. The van der Waals surface area contributed by atoms with E-state index in [1.54, 1.807) is 0 Å². The maximum Gasteiger partial charge on any atom is 0.120 e. The first-order valence-electron chi connectivity index (χ1n) is 6.28. The average Bonchev–Trinajstić information content (AvgIpc) is 2.59. The zero-order chi connectivity index (χ0) is 11.4. The Balaban J connectivity index is 2.15. The number of rotatable bonds is 1. The molecule has 2 rings (SSSR count). The van der Waals surface area contributed by atoms with Gasteiger partial charge in [-0.25, -0.2) is 0 Å². The molecule has 0 aromatic heterocycles. The van der Waals surface area contributed by atoms with E-state index in [9.17, 15) is 5.26 Å². The topological polar surface area (TPSA) is 39.1 Å². The maximum absolute atomic E-state index is 9.63. The minimum absolute atomic E-state index is 0.199. The van der Waals surface area contributed by atoms with Crippen molar-refractivity contribution in [1.29, 1.82) is 5.26 Å². The van der Waals surface area contributed by atoms with Gasteiger partial charge < -0.3 is 5.32 Å². The highest BCUT2D eigenvalue weighted by Gasteiger charge is 2.44. The SMILES string of the molecule is CC1SCCCC1(C#N)N1CCCNCC1. The summed E-state index contributed by atoms with van der Waals surface area (Å²) in [5, 5.41) is 13.5. The lowest BCUT2D eigenvalue weighted by atomic mass is 9.88. The lowest BCUT2D eigenvalue weighted by molar-refractivity contribution is 0.132. The predicted molar refractivity (Wildman–Crippen MR) is 68.6 cm³/mol. The molecule has 2 atom stereocenters. The molecule has 2 heterocycles. The van der Waals surface area contributed by atoms with Crippen LogP contribution in [0.1, 0.15) is 26.2 Å². The fraction of sp³-hybridized carbons (Fsp3) is 0.917. The first-order chi connectivity index (χ1) is 7.79. The quantitative estimate of drug-likeness (QED) is 0.752. The van der Waals surface area contributed by atoms with Crippen molar-refractivity contribution in [2.24, 2.45) is 0 Å². The zero-order valence-electron chi connectivity index (χ0n) is 10.0. The summed E-state index contributed by atoms with van der Waals surface area (Å²) in [4.78, 5) is 2.43. The predicted octanol–water partition coefficient (Wildman–Crippen LogP) is 1.46. The van der Waals surface area contributed by atoms with Gasteiger partial charge in [0.1, 0.15) is 5.54 Å². The molecule has 16 heavy (non-hydrogen) atoms. The van der Waals surface area contributed by atoms with E-state index in [0.717, 1.165) is 32.6 Å². The van der Waals surface area contributed by atoms with Crippen molar-refractivity contribution in [3.05, 3.63) is 0 Å². The third kappa shape index (κ3) is 2.22. The number of nitrogens with one attached hydrogen (secondary N) is 1. The van der Waals surface area contributed by atoms with E-state index in [1.165, 1.54) is 18.6 Å².